The van der Waals surface area contributed by atoms with E-state index in [0.29, 0.717) is 27.3 Å². The summed E-state index contributed by atoms with van der Waals surface area (Å²) in [4.78, 5) is 11.5. The molecule has 1 aromatic heterocycles. The predicted octanol–water partition coefficient (Wildman–Crippen LogP) is 2.33. The Morgan fingerprint density at radius 2 is 2.31 bits per heavy atom. The highest BCUT2D eigenvalue weighted by Gasteiger charge is 2.18. The molecule has 0 aliphatic rings. The Bertz CT molecular complexity index is 547. The van der Waals surface area contributed by atoms with Gasteiger partial charge in [-0.15, -0.1) is 0 Å². The number of fused-ring (bicyclic) bond motifs is 1. The van der Waals surface area contributed by atoms with Gasteiger partial charge in [0.05, 0.1) is 18.7 Å². The number of halogens is 1. The highest BCUT2D eigenvalue weighted by molar-refractivity contribution is 6.36. The molecular weight excluding hydrogens is 230 g/mol. The van der Waals surface area contributed by atoms with Gasteiger partial charge in [-0.3, -0.25) is 0 Å². The first-order valence-electron chi connectivity index (χ1n) is 4.67. The molecule has 2 aromatic rings. The molecule has 0 bridgehead atoms. The molecule has 0 spiro atoms. The van der Waals surface area contributed by atoms with Gasteiger partial charge < -0.3 is 14.9 Å². The van der Waals surface area contributed by atoms with E-state index in [4.69, 9.17) is 21.8 Å². The summed E-state index contributed by atoms with van der Waals surface area (Å²) in [5.74, 6) is 0.00704. The number of hydrogen-bond donors (Lipinski definition) is 1. The third-order valence-electron chi connectivity index (χ3n) is 2.31. The smallest absolute Gasteiger partial charge is 0.341 e. The van der Waals surface area contributed by atoms with Gasteiger partial charge in [0.1, 0.15) is 16.9 Å². The van der Waals surface area contributed by atoms with Gasteiger partial charge in [-0.1, -0.05) is 17.7 Å². The van der Waals surface area contributed by atoms with Crippen molar-refractivity contribution in [2.24, 2.45) is 5.73 Å². The first kappa shape index (κ1) is 11.0. The highest BCUT2D eigenvalue weighted by Crippen LogP contribution is 2.32. The molecule has 2 N–H and O–H groups in total. The Kier molecular flexibility index (Phi) is 2.85. The summed E-state index contributed by atoms with van der Waals surface area (Å²) in [7, 11) is 1.32. The minimum absolute atomic E-state index is 0.189. The number of furan rings is 1. The lowest BCUT2D eigenvalue weighted by atomic mass is 10.1. The van der Waals surface area contributed by atoms with E-state index >= 15 is 0 Å². The molecule has 84 valence electrons. The molecule has 0 aliphatic carbocycles. The molecule has 0 saturated carbocycles. The van der Waals surface area contributed by atoms with Crippen LogP contribution in [-0.2, 0) is 11.3 Å². The number of methoxy groups -OCH3 is 1. The number of para-hydroxylation sites is 1. The van der Waals surface area contributed by atoms with Crippen LogP contribution in [0.2, 0.25) is 5.02 Å². The van der Waals surface area contributed by atoms with E-state index < -0.39 is 5.97 Å². The van der Waals surface area contributed by atoms with Gasteiger partial charge in [0.25, 0.3) is 0 Å². The Hall–Kier alpha value is -1.52. The molecule has 5 heteroatoms. The summed E-state index contributed by atoms with van der Waals surface area (Å²) in [6.45, 7) is 0.189. The average Bonchev–Trinajstić information content (AvgIpc) is 2.65. The van der Waals surface area contributed by atoms with Crippen LogP contribution in [0.4, 0.5) is 0 Å². The van der Waals surface area contributed by atoms with Crippen LogP contribution in [0, 0.1) is 0 Å². The zero-order chi connectivity index (χ0) is 11.7. The fraction of sp³-hybridized carbons (Fsp3) is 0.182. The van der Waals surface area contributed by atoms with Crippen LogP contribution in [-0.4, -0.2) is 13.1 Å². The van der Waals surface area contributed by atoms with Crippen LogP contribution in [0.3, 0.4) is 0 Å². The quantitative estimate of drug-likeness (QED) is 0.817. The summed E-state index contributed by atoms with van der Waals surface area (Å²) in [5.41, 5.74) is 6.24. The van der Waals surface area contributed by atoms with Gasteiger partial charge in [-0.05, 0) is 12.1 Å². The lowest BCUT2D eigenvalue weighted by molar-refractivity contribution is 0.0601. The van der Waals surface area contributed by atoms with Crippen molar-refractivity contribution in [2.75, 3.05) is 7.11 Å². The topological polar surface area (TPSA) is 65.5 Å². The van der Waals surface area contributed by atoms with E-state index in [-0.39, 0.29) is 6.54 Å². The summed E-state index contributed by atoms with van der Waals surface area (Å²) >= 11 is 6.05. The number of rotatable bonds is 2. The third kappa shape index (κ3) is 1.56. The number of carbonyl (C=O) groups is 1. The highest BCUT2D eigenvalue weighted by atomic mass is 35.5. The summed E-state index contributed by atoms with van der Waals surface area (Å²) < 4.78 is 10.1. The molecule has 2 rings (SSSR count). The molecule has 0 unspecified atom stereocenters. The van der Waals surface area contributed by atoms with Gasteiger partial charge >= 0.3 is 5.97 Å². The molecule has 0 amide bonds. The normalized spacial score (nSPS) is 10.7. The van der Waals surface area contributed by atoms with Crippen molar-refractivity contribution >= 4 is 28.5 Å². The molecule has 1 aromatic carbocycles. The van der Waals surface area contributed by atoms with E-state index in [1.807, 2.05) is 0 Å². The lowest BCUT2D eigenvalue weighted by Gasteiger charge is -1.98. The molecule has 4 nitrogen and oxygen atoms in total. The lowest BCUT2D eigenvalue weighted by Crippen LogP contribution is -2.00. The fourth-order valence-electron chi connectivity index (χ4n) is 1.54. The number of benzene rings is 1. The maximum Gasteiger partial charge on any atom is 0.341 e. The molecule has 0 radical (unpaired) electrons. The van der Waals surface area contributed by atoms with Crippen molar-refractivity contribution in [1.29, 1.82) is 0 Å². The number of carbonyl (C=O) groups excluding carboxylic acids is 1. The predicted molar refractivity (Wildman–Crippen MR) is 60.5 cm³/mol. The molecule has 0 aliphatic heterocycles. The monoisotopic (exact) mass is 239 g/mol. The van der Waals surface area contributed by atoms with Gasteiger partial charge in [0.15, 0.2) is 0 Å². The van der Waals surface area contributed by atoms with Crippen LogP contribution >= 0.6 is 11.6 Å². The first-order valence-corrected chi connectivity index (χ1v) is 5.05. The van der Waals surface area contributed by atoms with Crippen molar-refractivity contribution in [3.8, 4) is 0 Å². The number of ether oxygens (including phenoxy) is 1. The standard InChI is InChI=1S/C11H10ClNO3/c1-15-11(14)7-4-2-3-6-9(12)8(5-13)16-10(6)7/h2-4H,5,13H2,1H3. The third-order valence-corrected chi connectivity index (χ3v) is 2.73. The zero-order valence-electron chi connectivity index (χ0n) is 8.62. The second-order valence-electron chi connectivity index (χ2n) is 3.22. The van der Waals surface area contributed by atoms with Crippen LogP contribution in [0.1, 0.15) is 16.1 Å². The molecular formula is C11H10ClNO3. The summed E-state index contributed by atoms with van der Waals surface area (Å²) in [6, 6.07) is 5.11. The van der Waals surface area contributed by atoms with Gasteiger partial charge in [0, 0.05) is 5.39 Å². The van der Waals surface area contributed by atoms with E-state index in [1.54, 1.807) is 18.2 Å². The second-order valence-corrected chi connectivity index (χ2v) is 3.60. The number of nitrogens with two attached hydrogens (primary N) is 1. The van der Waals surface area contributed by atoms with E-state index in [0.717, 1.165) is 0 Å². The molecule has 1 heterocycles. The maximum atomic E-state index is 11.5. The molecule has 0 fully saturated rings. The van der Waals surface area contributed by atoms with Crippen molar-refractivity contribution in [2.45, 2.75) is 6.54 Å². The van der Waals surface area contributed by atoms with E-state index in [2.05, 4.69) is 4.74 Å². The minimum atomic E-state index is -0.459. The molecule has 0 atom stereocenters. The molecule has 0 saturated heterocycles. The Balaban J connectivity index is 2.73. The molecule has 16 heavy (non-hydrogen) atoms. The van der Waals surface area contributed by atoms with Crippen LogP contribution < -0.4 is 5.73 Å². The maximum absolute atomic E-state index is 11.5. The van der Waals surface area contributed by atoms with Gasteiger partial charge in [-0.25, -0.2) is 4.79 Å². The van der Waals surface area contributed by atoms with Crippen LogP contribution in [0.5, 0.6) is 0 Å². The second kappa shape index (κ2) is 4.15. The van der Waals surface area contributed by atoms with Crippen molar-refractivity contribution < 1.29 is 13.9 Å². The average molecular weight is 240 g/mol. The van der Waals surface area contributed by atoms with Gasteiger partial charge in [0.2, 0.25) is 0 Å². The summed E-state index contributed by atoms with van der Waals surface area (Å²) in [6.07, 6.45) is 0. The number of esters is 1. The Morgan fingerprint density at radius 1 is 1.56 bits per heavy atom. The first-order chi connectivity index (χ1) is 7.69. The largest absolute Gasteiger partial charge is 0.465 e. The van der Waals surface area contributed by atoms with E-state index in [9.17, 15) is 4.79 Å². The SMILES string of the molecule is COC(=O)c1cccc2c(Cl)c(CN)oc12. The van der Waals surface area contributed by atoms with Crippen LogP contribution in [0.25, 0.3) is 11.0 Å². The number of hydrogen-bond acceptors (Lipinski definition) is 4. The van der Waals surface area contributed by atoms with E-state index in [1.165, 1.54) is 7.11 Å². The van der Waals surface area contributed by atoms with Crippen LogP contribution in [0.15, 0.2) is 22.6 Å². The van der Waals surface area contributed by atoms with Gasteiger partial charge in [-0.2, -0.15) is 0 Å². The van der Waals surface area contributed by atoms with Crippen molar-refractivity contribution in [1.82, 2.24) is 0 Å². The zero-order valence-corrected chi connectivity index (χ0v) is 9.38. The van der Waals surface area contributed by atoms with Crippen molar-refractivity contribution in [3.05, 3.63) is 34.5 Å². The fourth-order valence-corrected chi connectivity index (χ4v) is 1.80. The Morgan fingerprint density at radius 3 is 2.94 bits per heavy atom. The minimum Gasteiger partial charge on any atom is -0.465 e. The van der Waals surface area contributed by atoms with Crippen molar-refractivity contribution in [3.63, 3.8) is 0 Å². The Labute approximate surface area is 96.9 Å². The summed E-state index contributed by atoms with van der Waals surface area (Å²) in [5, 5.41) is 1.12.